The number of thiophene rings is 1. The van der Waals surface area contributed by atoms with Crippen molar-refractivity contribution in [1.29, 1.82) is 0 Å². The molecule has 0 radical (unpaired) electrons. The smallest absolute Gasteiger partial charge is 0.337 e. The largest absolute Gasteiger partial charge is 0.496 e. The number of thiazole rings is 1. The van der Waals surface area contributed by atoms with E-state index in [0.717, 1.165) is 36.6 Å². The van der Waals surface area contributed by atoms with Gasteiger partial charge >= 0.3 is 5.97 Å². The number of methoxy groups -OCH3 is 2. The fourth-order valence-electron chi connectivity index (χ4n) is 3.61. The van der Waals surface area contributed by atoms with Crippen LogP contribution in [0.2, 0.25) is 0 Å². The van der Waals surface area contributed by atoms with Crippen LogP contribution in [0.1, 0.15) is 27.3 Å². The number of aromatic nitrogens is 1. The third-order valence-corrected chi connectivity index (χ3v) is 7.97. The van der Waals surface area contributed by atoms with E-state index in [1.807, 2.05) is 41.8 Å². The average Bonchev–Trinajstić information content (AvgIpc) is 3.41. The molecule has 4 aromatic rings. The zero-order valence-corrected chi connectivity index (χ0v) is 20.4. The predicted molar refractivity (Wildman–Crippen MR) is 132 cm³/mol. The molecule has 0 spiro atoms. The quantitative estimate of drug-likeness (QED) is 0.213. The molecule has 0 atom stereocenters. The highest BCUT2D eigenvalue weighted by atomic mass is 32.2. The maximum absolute atomic E-state index is 11.6. The maximum Gasteiger partial charge on any atom is 0.337 e. The molecule has 1 N–H and O–H groups in total. The van der Waals surface area contributed by atoms with Crippen molar-refractivity contribution < 1.29 is 31.8 Å². The molecular weight excluding hydrogens is 482 g/mol. The molecule has 0 unspecified atom stereocenters. The minimum atomic E-state index is -4.04. The topological polar surface area (TPSA) is 93.8 Å². The number of aryl methyl sites for hydroxylation is 1. The first kappa shape index (κ1) is 23.4. The first-order valence-electron chi connectivity index (χ1n) is 10.0. The van der Waals surface area contributed by atoms with Crippen molar-refractivity contribution in [3.63, 3.8) is 0 Å². The number of carbonyl (C=O) groups excluding carboxylic acids is 1. The first-order chi connectivity index (χ1) is 15.8. The van der Waals surface area contributed by atoms with E-state index in [4.69, 9.17) is 9.47 Å². The lowest BCUT2D eigenvalue weighted by Crippen LogP contribution is -2.36. The fraction of sp³-hybridized carbons (Fsp3) is 0.217. The molecule has 0 aliphatic carbocycles. The molecule has 0 amide bonds. The average molecular weight is 505 g/mol. The van der Waals surface area contributed by atoms with E-state index < -0.39 is 10.1 Å². The van der Waals surface area contributed by atoms with Crippen molar-refractivity contribution in [2.75, 3.05) is 20.0 Å². The molecule has 4 rings (SSSR count). The number of hydrogen-bond donors (Lipinski definition) is 1. The highest BCUT2D eigenvalue weighted by molar-refractivity contribution is 7.85. The molecule has 2 heterocycles. The molecule has 0 saturated heterocycles. The summed E-state index contributed by atoms with van der Waals surface area (Å²) in [5.74, 6) is 0.0961. The standard InChI is InChI=1S/C23H21NO6S3/c1-29-18-14-19-21(22-17(18)10-12-31-22)24(11-3-13-33(26,27)28)20(32-19)9-6-15-4-7-16(8-5-15)23(25)30-2/h4-10,12,14H,3,11,13H2,1-2H3/p+1/b9-6+. The third kappa shape index (κ3) is 5.09. The van der Waals surface area contributed by atoms with Gasteiger partial charge in [-0.15, -0.1) is 11.3 Å². The maximum atomic E-state index is 11.6. The lowest BCUT2D eigenvalue weighted by molar-refractivity contribution is -0.667. The summed E-state index contributed by atoms with van der Waals surface area (Å²) in [6, 6.07) is 11.1. The third-order valence-electron chi connectivity index (χ3n) is 5.15. The summed E-state index contributed by atoms with van der Waals surface area (Å²) in [5.41, 5.74) is 2.40. The number of carbonyl (C=O) groups is 1. The van der Waals surface area contributed by atoms with Crippen LogP contribution in [0.25, 0.3) is 32.5 Å². The molecule has 172 valence electrons. The molecule has 0 fully saturated rings. The number of nitrogens with zero attached hydrogens (tertiary/aromatic N) is 1. The molecule has 0 bridgehead atoms. The van der Waals surface area contributed by atoms with Crippen LogP contribution >= 0.6 is 22.7 Å². The summed E-state index contributed by atoms with van der Waals surface area (Å²) in [6.45, 7) is 0.431. The van der Waals surface area contributed by atoms with E-state index in [9.17, 15) is 17.8 Å². The predicted octanol–water partition coefficient (Wildman–Crippen LogP) is 4.65. The van der Waals surface area contributed by atoms with Crippen molar-refractivity contribution in [3.05, 3.63) is 57.9 Å². The van der Waals surface area contributed by atoms with Crippen molar-refractivity contribution in [2.45, 2.75) is 13.0 Å². The molecule has 0 saturated carbocycles. The second-order valence-corrected chi connectivity index (χ2v) is 10.8. The van der Waals surface area contributed by atoms with E-state index in [2.05, 4.69) is 4.57 Å². The van der Waals surface area contributed by atoms with E-state index >= 15 is 0 Å². The first-order valence-corrected chi connectivity index (χ1v) is 13.3. The van der Waals surface area contributed by atoms with Gasteiger partial charge in [-0.25, -0.2) is 4.79 Å². The van der Waals surface area contributed by atoms with Crippen LogP contribution in [-0.4, -0.2) is 38.9 Å². The molecule has 2 aromatic carbocycles. The van der Waals surface area contributed by atoms with Gasteiger partial charge in [0.1, 0.15) is 15.1 Å². The highest BCUT2D eigenvalue weighted by Crippen LogP contribution is 2.38. The normalized spacial score (nSPS) is 12.1. The Morgan fingerprint density at radius 1 is 1.15 bits per heavy atom. The van der Waals surface area contributed by atoms with Gasteiger partial charge in [0.05, 0.1) is 25.5 Å². The summed E-state index contributed by atoms with van der Waals surface area (Å²) in [6.07, 6.45) is 4.19. The zero-order valence-electron chi connectivity index (χ0n) is 18.0. The second-order valence-electron chi connectivity index (χ2n) is 7.27. The number of ether oxygens (including phenoxy) is 2. The highest BCUT2D eigenvalue weighted by Gasteiger charge is 2.24. The van der Waals surface area contributed by atoms with Crippen LogP contribution in [0, 0.1) is 0 Å². The number of benzene rings is 2. The summed E-state index contributed by atoms with van der Waals surface area (Å²) in [4.78, 5) is 11.6. The lowest BCUT2D eigenvalue weighted by Gasteiger charge is -2.02. The van der Waals surface area contributed by atoms with Crippen molar-refractivity contribution in [2.24, 2.45) is 0 Å². The van der Waals surface area contributed by atoms with Gasteiger partial charge in [-0.05, 0) is 35.2 Å². The number of fused-ring (bicyclic) bond motifs is 3. The Morgan fingerprint density at radius 3 is 2.58 bits per heavy atom. The summed E-state index contributed by atoms with van der Waals surface area (Å²) in [5, 5.41) is 3.94. The van der Waals surface area contributed by atoms with Gasteiger partial charge in [-0.2, -0.15) is 13.0 Å². The summed E-state index contributed by atoms with van der Waals surface area (Å²) >= 11 is 3.18. The van der Waals surface area contributed by atoms with Gasteiger partial charge in [0.15, 0.2) is 6.54 Å². The Bertz CT molecular complexity index is 1450. The van der Waals surface area contributed by atoms with E-state index in [1.54, 1.807) is 41.9 Å². The van der Waals surface area contributed by atoms with Crippen LogP contribution in [0.15, 0.2) is 41.8 Å². The fourth-order valence-corrected chi connectivity index (χ4v) is 6.27. The Hall–Kier alpha value is -2.79. The Kier molecular flexibility index (Phi) is 6.80. The molecular formula is C23H22NO6S3+. The zero-order chi connectivity index (χ0) is 23.6. The minimum absolute atomic E-state index is 0.281. The second kappa shape index (κ2) is 9.60. The molecule has 0 aliphatic rings. The van der Waals surface area contributed by atoms with Gasteiger partial charge in [0.2, 0.25) is 5.52 Å². The van der Waals surface area contributed by atoms with Crippen LogP contribution in [-0.2, 0) is 21.4 Å². The molecule has 10 heteroatoms. The Labute approximate surface area is 199 Å². The summed E-state index contributed by atoms with van der Waals surface area (Å²) < 4.78 is 46.2. The van der Waals surface area contributed by atoms with Gasteiger partial charge in [0.25, 0.3) is 15.1 Å². The van der Waals surface area contributed by atoms with Gasteiger partial charge in [-0.3, -0.25) is 4.55 Å². The van der Waals surface area contributed by atoms with E-state index in [1.165, 1.54) is 7.11 Å². The minimum Gasteiger partial charge on any atom is -0.496 e. The molecule has 33 heavy (non-hydrogen) atoms. The molecule has 0 aliphatic heterocycles. The van der Waals surface area contributed by atoms with Crippen LogP contribution < -0.4 is 9.30 Å². The van der Waals surface area contributed by atoms with E-state index in [0.29, 0.717) is 12.1 Å². The van der Waals surface area contributed by atoms with E-state index in [-0.39, 0.29) is 18.1 Å². The van der Waals surface area contributed by atoms with Crippen LogP contribution in [0.5, 0.6) is 5.75 Å². The monoisotopic (exact) mass is 504 g/mol. The SMILES string of the molecule is COC(=O)c1ccc(/C=C/c2sc3cc(OC)c4ccsc4c3[n+]2CCCS(=O)(=O)O)cc1. The van der Waals surface area contributed by atoms with Crippen molar-refractivity contribution >= 4 is 71.2 Å². The van der Waals surface area contributed by atoms with Gasteiger partial charge < -0.3 is 9.47 Å². The van der Waals surface area contributed by atoms with Crippen molar-refractivity contribution in [3.8, 4) is 5.75 Å². The lowest BCUT2D eigenvalue weighted by atomic mass is 10.1. The molecule has 7 nitrogen and oxygen atoms in total. The number of hydrogen-bond acceptors (Lipinski definition) is 7. The van der Waals surface area contributed by atoms with Crippen LogP contribution in [0.3, 0.4) is 0 Å². The molecule has 2 aromatic heterocycles. The van der Waals surface area contributed by atoms with Gasteiger partial charge in [0, 0.05) is 23.9 Å². The Morgan fingerprint density at radius 2 is 1.91 bits per heavy atom. The van der Waals surface area contributed by atoms with Crippen molar-refractivity contribution in [1.82, 2.24) is 0 Å². The number of rotatable bonds is 8. The number of esters is 1. The van der Waals surface area contributed by atoms with Crippen LogP contribution in [0.4, 0.5) is 0 Å². The van der Waals surface area contributed by atoms with Gasteiger partial charge in [-0.1, -0.05) is 23.5 Å². The summed E-state index contributed by atoms with van der Waals surface area (Å²) in [7, 11) is -1.05. The Balaban J connectivity index is 1.76.